The van der Waals surface area contributed by atoms with Crippen LogP contribution in [0.15, 0.2) is 6.07 Å². The van der Waals surface area contributed by atoms with E-state index in [9.17, 15) is 4.79 Å². The van der Waals surface area contributed by atoms with Gasteiger partial charge >= 0.3 is 0 Å². The molecular formula is C14H21N3OS. The van der Waals surface area contributed by atoms with Crippen molar-refractivity contribution in [2.24, 2.45) is 5.92 Å². The summed E-state index contributed by atoms with van der Waals surface area (Å²) in [6, 6.07) is 2.98. The fourth-order valence-corrected chi connectivity index (χ4v) is 3.40. The van der Waals surface area contributed by atoms with Crippen molar-refractivity contribution in [2.45, 2.75) is 45.2 Å². The summed E-state index contributed by atoms with van der Waals surface area (Å²) in [5.74, 6) is 0.527. The Balaban J connectivity index is 1.59. The van der Waals surface area contributed by atoms with Crippen LogP contribution in [0, 0.1) is 5.92 Å². The number of aromatic nitrogens is 1. The van der Waals surface area contributed by atoms with E-state index in [1.165, 1.54) is 29.3 Å². The molecule has 1 saturated heterocycles. The lowest BCUT2D eigenvalue weighted by Gasteiger charge is -2.16. The van der Waals surface area contributed by atoms with Crippen LogP contribution in [-0.4, -0.2) is 40.4 Å². The number of amides is 1. The molecule has 104 valence electrons. The maximum Gasteiger partial charge on any atom is 0.271 e. The van der Waals surface area contributed by atoms with Crippen molar-refractivity contribution >= 4 is 17.4 Å². The van der Waals surface area contributed by atoms with Crippen LogP contribution in [0.1, 0.15) is 42.1 Å². The van der Waals surface area contributed by atoms with E-state index >= 15 is 0 Å². The van der Waals surface area contributed by atoms with E-state index in [0.717, 1.165) is 25.6 Å². The number of nitrogens with one attached hydrogen (secondary N) is 1. The number of hydrogen-bond donors (Lipinski definition) is 1. The Bertz CT molecular complexity index is 469. The molecule has 0 spiro atoms. The minimum atomic E-state index is -0.00885. The van der Waals surface area contributed by atoms with Gasteiger partial charge < -0.3 is 5.32 Å². The summed E-state index contributed by atoms with van der Waals surface area (Å²) in [6.45, 7) is 6.43. The van der Waals surface area contributed by atoms with Crippen LogP contribution >= 0.6 is 11.5 Å². The quantitative estimate of drug-likeness (QED) is 0.916. The zero-order chi connectivity index (χ0) is 13.4. The van der Waals surface area contributed by atoms with Gasteiger partial charge in [-0.05, 0) is 42.8 Å². The lowest BCUT2D eigenvalue weighted by Crippen LogP contribution is -2.40. The van der Waals surface area contributed by atoms with Crippen molar-refractivity contribution < 1.29 is 4.79 Å². The Labute approximate surface area is 118 Å². The standard InChI is InChI=1S/C14H21N3OS/c1-3-11-6-12(16-19-11)14(18)15-13-8-17(7-9(13)2)10-4-5-10/h6,9-10,13H,3-5,7-8H2,1-2H3,(H,15,18)/t9-,13+/m0/s1. The van der Waals surface area contributed by atoms with Gasteiger partial charge in [-0.1, -0.05) is 13.8 Å². The van der Waals surface area contributed by atoms with E-state index in [-0.39, 0.29) is 11.9 Å². The van der Waals surface area contributed by atoms with Gasteiger partial charge in [-0.2, -0.15) is 4.37 Å². The fraction of sp³-hybridized carbons (Fsp3) is 0.714. The Morgan fingerprint density at radius 2 is 2.32 bits per heavy atom. The van der Waals surface area contributed by atoms with E-state index in [1.807, 2.05) is 6.07 Å². The minimum absolute atomic E-state index is 0.00885. The van der Waals surface area contributed by atoms with Gasteiger partial charge in [0.15, 0.2) is 0 Å². The van der Waals surface area contributed by atoms with Crippen LogP contribution in [0.4, 0.5) is 0 Å². The second-order valence-corrected chi connectivity index (χ2v) is 6.66. The molecule has 1 N–H and O–H groups in total. The fourth-order valence-electron chi connectivity index (χ4n) is 2.76. The number of carbonyl (C=O) groups excluding carboxylic acids is 1. The first-order valence-electron chi connectivity index (χ1n) is 7.18. The summed E-state index contributed by atoms with van der Waals surface area (Å²) in [5, 5.41) is 3.16. The van der Waals surface area contributed by atoms with Crippen molar-refractivity contribution in [2.75, 3.05) is 13.1 Å². The number of aryl methyl sites for hydroxylation is 1. The predicted octanol–water partition coefficient (Wildman–Crippen LogP) is 1.92. The first kappa shape index (κ1) is 13.1. The molecular weight excluding hydrogens is 258 g/mol. The van der Waals surface area contributed by atoms with E-state index in [4.69, 9.17) is 0 Å². The van der Waals surface area contributed by atoms with Crippen molar-refractivity contribution in [1.29, 1.82) is 0 Å². The third-order valence-electron chi connectivity index (χ3n) is 4.16. The summed E-state index contributed by atoms with van der Waals surface area (Å²) in [6.07, 6.45) is 3.61. The summed E-state index contributed by atoms with van der Waals surface area (Å²) in [4.78, 5) is 15.9. The second-order valence-electron chi connectivity index (χ2n) is 5.77. The van der Waals surface area contributed by atoms with E-state index in [1.54, 1.807) is 0 Å². The van der Waals surface area contributed by atoms with Crippen molar-refractivity contribution in [3.63, 3.8) is 0 Å². The molecule has 2 heterocycles. The van der Waals surface area contributed by atoms with Gasteiger partial charge in [0.25, 0.3) is 5.91 Å². The molecule has 1 saturated carbocycles. The van der Waals surface area contributed by atoms with Gasteiger partial charge in [-0.3, -0.25) is 9.69 Å². The molecule has 1 aromatic rings. The van der Waals surface area contributed by atoms with E-state index in [2.05, 4.69) is 28.4 Å². The highest BCUT2D eigenvalue weighted by molar-refractivity contribution is 7.05. The summed E-state index contributed by atoms with van der Waals surface area (Å²) in [7, 11) is 0. The third kappa shape index (κ3) is 2.82. The zero-order valence-corrected chi connectivity index (χ0v) is 12.4. The average Bonchev–Trinajstić information content (AvgIpc) is 3.02. The lowest BCUT2D eigenvalue weighted by atomic mass is 10.1. The lowest BCUT2D eigenvalue weighted by molar-refractivity contribution is 0.0927. The number of rotatable bonds is 4. The topological polar surface area (TPSA) is 45.2 Å². The molecule has 5 heteroatoms. The minimum Gasteiger partial charge on any atom is -0.346 e. The predicted molar refractivity (Wildman–Crippen MR) is 76.5 cm³/mol. The Hall–Kier alpha value is -0.940. The van der Waals surface area contributed by atoms with Gasteiger partial charge in [-0.15, -0.1) is 0 Å². The molecule has 4 nitrogen and oxygen atoms in total. The van der Waals surface area contributed by atoms with Gasteiger partial charge in [0, 0.05) is 30.1 Å². The number of carbonyl (C=O) groups is 1. The molecule has 0 aromatic carbocycles. The number of likely N-dealkylation sites (tertiary alicyclic amines) is 1. The van der Waals surface area contributed by atoms with E-state index in [0.29, 0.717) is 11.6 Å². The summed E-state index contributed by atoms with van der Waals surface area (Å²) >= 11 is 1.43. The normalized spacial score (nSPS) is 27.7. The summed E-state index contributed by atoms with van der Waals surface area (Å²) in [5.41, 5.74) is 0.582. The molecule has 2 aliphatic rings. The second kappa shape index (κ2) is 5.21. The highest BCUT2D eigenvalue weighted by Crippen LogP contribution is 2.31. The van der Waals surface area contributed by atoms with Crippen molar-refractivity contribution in [3.8, 4) is 0 Å². The first-order chi connectivity index (χ1) is 9.17. The van der Waals surface area contributed by atoms with Crippen LogP contribution < -0.4 is 5.32 Å². The van der Waals surface area contributed by atoms with Gasteiger partial charge in [-0.25, -0.2) is 0 Å². The Morgan fingerprint density at radius 3 is 2.95 bits per heavy atom. The maximum absolute atomic E-state index is 12.2. The summed E-state index contributed by atoms with van der Waals surface area (Å²) < 4.78 is 4.24. The average molecular weight is 279 g/mol. The maximum atomic E-state index is 12.2. The van der Waals surface area contributed by atoms with Crippen LogP contribution in [0.3, 0.4) is 0 Å². The highest BCUT2D eigenvalue weighted by Gasteiger charge is 2.38. The van der Waals surface area contributed by atoms with E-state index < -0.39 is 0 Å². The molecule has 1 aliphatic heterocycles. The molecule has 1 aromatic heterocycles. The largest absolute Gasteiger partial charge is 0.346 e. The van der Waals surface area contributed by atoms with Gasteiger partial charge in [0.2, 0.25) is 0 Å². The highest BCUT2D eigenvalue weighted by atomic mass is 32.1. The van der Waals surface area contributed by atoms with Crippen LogP contribution in [-0.2, 0) is 6.42 Å². The molecule has 1 amide bonds. The first-order valence-corrected chi connectivity index (χ1v) is 7.95. The SMILES string of the molecule is CCc1cc(C(=O)N[C@@H]2CN(C3CC3)C[C@@H]2C)ns1. The van der Waals surface area contributed by atoms with Crippen LogP contribution in [0.2, 0.25) is 0 Å². The van der Waals surface area contributed by atoms with Gasteiger partial charge in [0.05, 0.1) is 0 Å². The Morgan fingerprint density at radius 1 is 1.53 bits per heavy atom. The van der Waals surface area contributed by atoms with Crippen molar-refractivity contribution in [1.82, 2.24) is 14.6 Å². The van der Waals surface area contributed by atoms with Crippen LogP contribution in [0.25, 0.3) is 0 Å². The zero-order valence-electron chi connectivity index (χ0n) is 11.6. The third-order valence-corrected chi connectivity index (χ3v) is 5.09. The monoisotopic (exact) mass is 279 g/mol. The molecule has 0 unspecified atom stereocenters. The molecule has 2 atom stereocenters. The molecule has 1 aliphatic carbocycles. The van der Waals surface area contributed by atoms with Crippen LogP contribution in [0.5, 0.6) is 0 Å². The molecule has 0 bridgehead atoms. The number of nitrogens with zero attached hydrogens (tertiary/aromatic N) is 2. The molecule has 0 radical (unpaired) electrons. The molecule has 19 heavy (non-hydrogen) atoms. The smallest absolute Gasteiger partial charge is 0.271 e. The van der Waals surface area contributed by atoms with Crippen molar-refractivity contribution in [3.05, 3.63) is 16.6 Å². The Kier molecular flexibility index (Phi) is 3.58. The van der Waals surface area contributed by atoms with Gasteiger partial charge in [0.1, 0.15) is 5.69 Å². The number of hydrogen-bond acceptors (Lipinski definition) is 4. The molecule has 3 rings (SSSR count). The molecule has 2 fully saturated rings.